The Kier molecular flexibility index (Phi) is 67.4. The SMILES string of the molecule is C[N-]C.[Co].[Co]. The first-order valence-electron chi connectivity index (χ1n) is 0.894. The Balaban J connectivity index is -0.0000000200. The molecule has 0 heterocycles. The zero-order chi connectivity index (χ0) is 2.71. The Morgan fingerprint density at radius 2 is 1.00 bits per heavy atom. The number of hydrogen-bond acceptors (Lipinski definition) is 0. The van der Waals surface area contributed by atoms with Crippen molar-refractivity contribution in [2.75, 3.05) is 14.1 Å². The van der Waals surface area contributed by atoms with Gasteiger partial charge in [0, 0.05) is 33.6 Å². The summed E-state index contributed by atoms with van der Waals surface area (Å²) in [6.45, 7) is 0. The zero-order valence-electron chi connectivity index (χ0n) is 3.11. The normalized spacial score (nSPS) is 3.60. The predicted molar refractivity (Wildman–Crippen MR) is 15.2 cm³/mol. The summed E-state index contributed by atoms with van der Waals surface area (Å²) < 4.78 is 0. The third kappa shape index (κ3) is 46.4. The number of rotatable bonds is 0. The van der Waals surface area contributed by atoms with Gasteiger partial charge in [-0.15, -0.1) is 0 Å². The molecule has 0 saturated carbocycles. The van der Waals surface area contributed by atoms with Crippen molar-refractivity contribution >= 4 is 0 Å². The molecule has 0 saturated heterocycles. The van der Waals surface area contributed by atoms with Crippen LogP contribution in [0.25, 0.3) is 5.32 Å². The molecule has 0 unspecified atom stereocenters. The minimum atomic E-state index is 0. The van der Waals surface area contributed by atoms with Crippen molar-refractivity contribution in [3.8, 4) is 0 Å². The van der Waals surface area contributed by atoms with Crippen molar-refractivity contribution in [3.05, 3.63) is 5.32 Å². The van der Waals surface area contributed by atoms with E-state index in [1.54, 1.807) is 14.1 Å². The second-order valence-electron chi connectivity index (χ2n) is 0.447. The first-order valence-corrected chi connectivity index (χ1v) is 0.894. The molecule has 0 N–H and O–H groups in total. The fourth-order valence-electron chi connectivity index (χ4n) is 0. The van der Waals surface area contributed by atoms with Crippen LogP contribution >= 0.6 is 0 Å². The Bertz CT molecular complexity index is 7.61. The van der Waals surface area contributed by atoms with E-state index in [4.69, 9.17) is 0 Å². The van der Waals surface area contributed by atoms with Crippen LogP contribution in [0.2, 0.25) is 0 Å². The van der Waals surface area contributed by atoms with E-state index in [1.807, 2.05) is 0 Å². The monoisotopic (exact) mass is 162 g/mol. The molecule has 0 amide bonds. The molecule has 2 radical (unpaired) electrons. The van der Waals surface area contributed by atoms with Crippen LogP contribution in [0.1, 0.15) is 0 Å². The number of hydrogen-bond donors (Lipinski definition) is 0. The van der Waals surface area contributed by atoms with Gasteiger partial charge in [-0.3, -0.25) is 0 Å². The molecule has 0 aromatic rings. The van der Waals surface area contributed by atoms with Crippen molar-refractivity contribution in [2.45, 2.75) is 0 Å². The van der Waals surface area contributed by atoms with Crippen molar-refractivity contribution in [3.63, 3.8) is 0 Å². The predicted octanol–water partition coefficient (Wildman–Crippen LogP) is 0.615. The summed E-state index contributed by atoms with van der Waals surface area (Å²) >= 11 is 0. The standard InChI is InChI=1S/C2H6N.2Co/c1-3-2;;/h1-2H3;;/q-1;;. The molecule has 0 aromatic carbocycles. The molecule has 0 aliphatic heterocycles. The van der Waals surface area contributed by atoms with Gasteiger partial charge in [0.1, 0.15) is 0 Å². The molecule has 0 atom stereocenters. The Morgan fingerprint density at radius 1 is 1.00 bits per heavy atom. The van der Waals surface area contributed by atoms with Crippen LogP contribution in [0.15, 0.2) is 0 Å². The molecule has 0 fully saturated rings. The van der Waals surface area contributed by atoms with Crippen molar-refractivity contribution in [2.24, 2.45) is 0 Å². The van der Waals surface area contributed by atoms with Gasteiger partial charge in [-0.2, -0.15) is 14.1 Å². The quantitative estimate of drug-likeness (QED) is 0.495. The first-order chi connectivity index (χ1) is 1.41. The molecule has 0 rings (SSSR count). The molecule has 0 aliphatic carbocycles. The maximum Gasteiger partial charge on any atom is 0 e. The first kappa shape index (κ1) is 16.7. The van der Waals surface area contributed by atoms with Gasteiger partial charge in [0.15, 0.2) is 0 Å². The minimum Gasteiger partial charge on any atom is -0.668 e. The van der Waals surface area contributed by atoms with Gasteiger partial charge < -0.3 is 5.32 Å². The molecular formula is C2H6Co2N-. The van der Waals surface area contributed by atoms with E-state index in [0.29, 0.717) is 0 Å². The summed E-state index contributed by atoms with van der Waals surface area (Å²) in [4.78, 5) is 0. The number of nitrogens with zero attached hydrogens (tertiary/aromatic N) is 1. The van der Waals surface area contributed by atoms with Gasteiger partial charge >= 0.3 is 0 Å². The van der Waals surface area contributed by atoms with Gasteiger partial charge in [0.2, 0.25) is 0 Å². The van der Waals surface area contributed by atoms with Crippen molar-refractivity contribution < 1.29 is 33.6 Å². The summed E-state index contributed by atoms with van der Waals surface area (Å²) in [5, 5.41) is 3.50. The summed E-state index contributed by atoms with van der Waals surface area (Å²) in [6.07, 6.45) is 0. The van der Waals surface area contributed by atoms with Gasteiger partial charge in [0.25, 0.3) is 0 Å². The Labute approximate surface area is 53.3 Å². The summed E-state index contributed by atoms with van der Waals surface area (Å²) in [6, 6.07) is 0. The zero-order valence-corrected chi connectivity index (χ0v) is 5.20. The molecule has 0 aromatic heterocycles. The molecule has 0 aliphatic rings. The Morgan fingerprint density at radius 3 is 1.00 bits per heavy atom. The van der Waals surface area contributed by atoms with Crippen LogP contribution in [0.4, 0.5) is 0 Å². The van der Waals surface area contributed by atoms with E-state index in [-0.39, 0.29) is 33.6 Å². The fraction of sp³-hybridized carbons (Fsp3) is 1.00. The van der Waals surface area contributed by atoms with E-state index in [2.05, 4.69) is 5.32 Å². The minimum absolute atomic E-state index is 0. The third-order valence-corrected chi connectivity index (χ3v) is 0. The molecule has 1 nitrogen and oxygen atoms in total. The van der Waals surface area contributed by atoms with E-state index in [9.17, 15) is 0 Å². The molecular weight excluding hydrogens is 156 g/mol. The third-order valence-electron chi connectivity index (χ3n) is 0. The van der Waals surface area contributed by atoms with E-state index < -0.39 is 0 Å². The molecule has 0 bridgehead atoms. The van der Waals surface area contributed by atoms with Crippen LogP contribution < -0.4 is 0 Å². The van der Waals surface area contributed by atoms with E-state index in [1.165, 1.54) is 0 Å². The van der Waals surface area contributed by atoms with Crippen molar-refractivity contribution in [1.82, 2.24) is 0 Å². The van der Waals surface area contributed by atoms with Gasteiger partial charge in [-0.05, 0) is 0 Å². The van der Waals surface area contributed by atoms with Crippen LogP contribution in [-0.2, 0) is 33.6 Å². The summed E-state index contributed by atoms with van der Waals surface area (Å²) in [7, 11) is 3.50. The second kappa shape index (κ2) is 20.2. The second-order valence-corrected chi connectivity index (χ2v) is 0.447. The largest absolute Gasteiger partial charge is 0.668 e. The maximum absolute atomic E-state index is 3.50. The van der Waals surface area contributed by atoms with Crippen LogP contribution in [0, 0.1) is 0 Å². The average molecular weight is 162 g/mol. The van der Waals surface area contributed by atoms with Crippen LogP contribution in [-0.4, -0.2) is 14.1 Å². The molecule has 0 spiro atoms. The summed E-state index contributed by atoms with van der Waals surface area (Å²) in [5.41, 5.74) is 0. The molecule has 3 heteroatoms. The van der Waals surface area contributed by atoms with Gasteiger partial charge in [-0.1, -0.05) is 0 Å². The smallest absolute Gasteiger partial charge is 0 e. The van der Waals surface area contributed by atoms with Gasteiger partial charge in [-0.25, -0.2) is 0 Å². The maximum atomic E-state index is 3.50. The van der Waals surface area contributed by atoms with Gasteiger partial charge in [0.05, 0.1) is 0 Å². The van der Waals surface area contributed by atoms with E-state index in [0.717, 1.165) is 0 Å². The van der Waals surface area contributed by atoms with Crippen molar-refractivity contribution in [1.29, 1.82) is 0 Å². The summed E-state index contributed by atoms with van der Waals surface area (Å²) in [5.74, 6) is 0. The molecule has 5 heavy (non-hydrogen) atoms. The Hall–Kier alpha value is 0.973. The van der Waals surface area contributed by atoms with Crippen LogP contribution in [0.3, 0.4) is 0 Å². The topological polar surface area (TPSA) is 14.1 Å². The van der Waals surface area contributed by atoms with Crippen LogP contribution in [0.5, 0.6) is 0 Å². The molecule has 38 valence electrons. The average Bonchev–Trinajstić information content (AvgIpc) is 0.918. The van der Waals surface area contributed by atoms with E-state index >= 15 is 0 Å². The fourth-order valence-corrected chi connectivity index (χ4v) is 0.